The maximum absolute atomic E-state index is 13.3. The summed E-state index contributed by atoms with van der Waals surface area (Å²) < 4.78 is 0. The molecule has 1 amide bonds. The smallest absolute Gasteiger partial charge is 0.254 e. The molecule has 4 aromatic rings. The van der Waals surface area contributed by atoms with E-state index in [9.17, 15) is 9.90 Å². The quantitative estimate of drug-likeness (QED) is 0.541. The molecule has 0 spiro atoms. The lowest BCUT2D eigenvalue weighted by Gasteiger charge is -2.36. The molecule has 0 radical (unpaired) electrons. The Bertz CT molecular complexity index is 1150. The van der Waals surface area contributed by atoms with E-state index >= 15 is 0 Å². The first kappa shape index (κ1) is 16.6. The molecule has 1 aromatic heterocycles. The molecule has 5 rings (SSSR count). The van der Waals surface area contributed by atoms with Crippen LogP contribution in [0.25, 0.3) is 10.9 Å². The second kappa shape index (κ2) is 6.57. The van der Waals surface area contributed by atoms with Crippen LogP contribution in [-0.2, 0) is 6.42 Å². The topological polar surface area (TPSA) is 56.3 Å². The van der Waals surface area contributed by atoms with Gasteiger partial charge >= 0.3 is 0 Å². The van der Waals surface area contributed by atoms with Crippen molar-refractivity contribution in [3.05, 3.63) is 101 Å². The fourth-order valence-corrected chi connectivity index (χ4v) is 4.22. The van der Waals surface area contributed by atoms with E-state index in [4.69, 9.17) is 0 Å². The molecule has 1 unspecified atom stereocenters. The van der Waals surface area contributed by atoms with Crippen molar-refractivity contribution in [3.63, 3.8) is 0 Å². The van der Waals surface area contributed by atoms with Crippen LogP contribution in [0.5, 0.6) is 5.75 Å². The van der Waals surface area contributed by atoms with E-state index in [0.29, 0.717) is 12.1 Å². The van der Waals surface area contributed by atoms with Crippen molar-refractivity contribution >= 4 is 16.8 Å². The maximum Gasteiger partial charge on any atom is 0.254 e. The highest BCUT2D eigenvalue weighted by molar-refractivity contribution is 5.95. The summed E-state index contributed by atoms with van der Waals surface area (Å²) in [5.74, 6) is 0.287. The number of aromatic nitrogens is 1. The Hall–Kier alpha value is -3.53. The minimum atomic E-state index is -0.188. The number of benzene rings is 3. The van der Waals surface area contributed by atoms with E-state index < -0.39 is 0 Å². The number of carbonyl (C=O) groups is 1. The van der Waals surface area contributed by atoms with E-state index in [-0.39, 0.29) is 17.7 Å². The van der Waals surface area contributed by atoms with Gasteiger partial charge in [-0.15, -0.1) is 0 Å². The number of phenols is 1. The van der Waals surface area contributed by atoms with E-state index in [1.807, 2.05) is 59.5 Å². The first-order valence-electron chi connectivity index (χ1n) is 9.47. The van der Waals surface area contributed by atoms with Crippen LogP contribution in [0.2, 0.25) is 0 Å². The Morgan fingerprint density at radius 3 is 2.43 bits per heavy atom. The molecular weight excluding hydrogens is 348 g/mol. The number of carbonyl (C=O) groups excluding carboxylic acids is 1. The van der Waals surface area contributed by atoms with Gasteiger partial charge in [-0.1, -0.05) is 48.5 Å². The second-order valence-corrected chi connectivity index (χ2v) is 7.17. The minimum Gasteiger partial charge on any atom is -0.508 e. The number of phenolic OH excluding ortho intramolecular Hbond substituents is 1. The zero-order valence-electron chi connectivity index (χ0n) is 15.3. The molecule has 1 aliphatic heterocycles. The van der Waals surface area contributed by atoms with Crippen LogP contribution >= 0.6 is 0 Å². The van der Waals surface area contributed by atoms with Gasteiger partial charge in [-0.3, -0.25) is 4.79 Å². The van der Waals surface area contributed by atoms with E-state index in [1.54, 1.807) is 12.1 Å². The number of hydrogen-bond donors (Lipinski definition) is 2. The average Bonchev–Trinajstić information content (AvgIpc) is 3.11. The molecule has 2 N–H and O–H groups in total. The zero-order valence-corrected chi connectivity index (χ0v) is 15.3. The number of hydrogen-bond acceptors (Lipinski definition) is 2. The summed E-state index contributed by atoms with van der Waals surface area (Å²) in [6.45, 7) is 0.628. The van der Waals surface area contributed by atoms with E-state index in [1.165, 1.54) is 5.56 Å². The number of aromatic hydroxyl groups is 1. The number of nitrogens with zero attached hydrogens (tertiary/aromatic N) is 1. The largest absolute Gasteiger partial charge is 0.508 e. The third-order valence-electron chi connectivity index (χ3n) is 5.51. The maximum atomic E-state index is 13.3. The molecule has 0 fully saturated rings. The van der Waals surface area contributed by atoms with Crippen molar-refractivity contribution in [2.45, 2.75) is 12.5 Å². The lowest BCUT2D eigenvalue weighted by atomic mass is 9.91. The number of nitrogens with one attached hydrogen (secondary N) is 1. The fourth-order valence-electron chi connectivity index (χ4n) is 4.22. The van der Waals surface area contributed by atoms with Crippen LogP contribution in [0.15, 0.2) is 78.9 Å². The van der Waals surface area contributed by atoms with Crippen LogP contribution in [0.4, 0.5) is 0 Å². The number of rotatable bonds is 2. The van der Waals surface area contributed by atoms with Gasteiger partial charge in [0.25, 0.3) is 5.91 Å². The number of fused-ring (bicyclic) bond motifs is 3. The van der Waals surface area contributed by atoms with Gasteiger partial charge in [-0.2, -0.15) is 0 Å². The lowest BCUT2D eigenvalue weighted by Crippen LogP contribution is -2.40. The highest BCUT2D eigenvalue weighted by Crippen LogP contribution is 2.39. The highest BCUT2D eigenvalue weighted by atomic mass is 16.3. The highest BCUT2D eigenvalue weighted by Gasteiger charge is 2.34. The SMILES string of the molecule is O=C(c1ccccc1)N1CCc2c([nH]c3ccc(O)cc23)C1c1ccccc1. The van der Waals surface area contributed by atoms with Crippen molar-refractivity contribution in [2.24, 2.45) is 0 Å². The number of H-pyrrole nitrogens is 1. The van der Waals surface area contributed by atoms with Gasteiger partial charge < -0.3 is 15.0 Å². The Balaban J connectivity index is 1.68. The Labute approximate surface area is 163 Å². The lowest BCUT2D eigenvalue weighted by molar-refractivity contribution is 0.0692. The molecule has 2 heterocycles. The summed E-state index contributed by atoms with van der Waals surface area (Å²) in [6, 6.07) is 24.8. The summed E-state index contributed by atoms with van der Waals surface area (Å²) in [4.78, 5) is 18.8. The fraction of sp³-hybridized carbons (Fsp3) is 0.125. The summed E-state index contributed by atoms with van der Waals surface area (Å²) in [6.07, 6.45) is 0.751. The van der Waals surface area contributed by atoms with Gasteiger partial charge in [0.1, 0.15) is 5.75 Å². The second-order valence-electron chi connectivity index (χ2n) is 7.17. The third kappa shape index (κ3) is 2.65. The van der Waals surface area contributed by atoms with E-state index in [0.717, 1.165) is 28.6 Å². The summed E-state index contributed by atoms with van der Waals surface area (Å²) in [7, 11) is 0. The molecule has 138 valence electrons. The molecular formula is C24H20N2O2. The minimum absolute atomic E-state index is 0.0293. The van der Waals surface area contributed by atoms with Crippen molar-refractivity contribution in [2.75, 3.05) is 6.54 Å². The molecule has 1 atom stereocenters. The van der Waals surface area contributed by atoms with E-state index in [2.05, 4.69) is 17.1 Å². The summed E-state index contributed by atoms with van der Waals surface area (Å²) in [5.41, 5.74) is 4.96. The predicted molar refractivity (Wildman–Crippen MR) is 109 cm³/mol. The zero-order chi connectivity index (χ0) is 19.1. The van der Waals surface area contributed by atoms with Crippen molar-refractivity contribution in [3.8, 4) is 5.75 Å². The molecule has 3 aromatic carbocycles. The van der Waals surface area contributed by atoms with Gasteiger partial charge in [0.2, 0.25) is 0 Å². The summed E-state index contributed by atoms with van der Waals surface area (Å²) in [5, 5.41) is 11.0. The van der Waals surface area contributed by atoms with Crippen LogP contribution in [-0.4, -0.2) is 27.4 Å². The first-order valence-corrected chi connectivity index (χ1v) is 9.47. The monoisotopic (exact) mass is 368 g/mol. The van der Waals surface area contributed by atoms with Crippen molar-refractivity contribution in [1.29, 1.82) is 0 Å². The molecule has 0 aliphatic carbocycles. The van der Waals surface area contributed by atoms with Crippen molar-refractivity contribution in [1.82, 2.24) is 9.88 Å². The predicted octanol–water partition coefficient (Wildman–Crippen LogP) is 4.66. The molecule has 1 aliphatic rings. The van der Waals surface area contributed by atoms with Gasteiger partial charge in [0.15, 0.2) is 0 Å². The van der Waals surface area contributed by atoms with Gasteiger partial charge in [0.05, 0.1) is 6.04 Å². The standard InChI is InChI=1S/C24H20N2O2/c27-18-11-12-21-20(15-18)19-13-14-26(24(28)17-9-5-2-6-10-17)23(22(19)25-21)16-7-3-1-4-8-16/h1-12,15,23,25,27H,13-14H2. The molecule has 4 nitrogen and oxygen atoms in total. The van der Waals surface area contributed by atoms with Crippen LogP contribution in [0.1, 0.15) is 33.2 Å². The Kier molecular flexibility index (Phi) is 3.90. The summed E-state index contributed by atoms with van der Waals surface area (Å²) >= 11 is 0. The number of amides is 1. The average molecular weight is 368 g/mol. The molecule has 4 heteroatoms. The molecule has 0 saturated heterocycles. The normalized spacial score (nSPS) is 16.1. The Morgan fingerprint density at radius 1 is 0.964 bits per heavy atom. The molecule has 0 bridgehead atoms. The third-order valence-corrected chi connectivity index (χ3v) is 5.51. The van der Waals surface area contributed by atoms with Crippen LogP contribution in [0.3, 0.4) is 0 Å². The van der Waals surface area contributed by atoms with Crippen LogP contribution in [0, 0.1) is 0 Å². The van der Waals surface area contributed by atoms with Gasteiger partial charge in [0, 0.05) is 28.7 Å². The van der Waals surface area contributed by atoms with Crippen LogP contribution < -0.4 is 0 Å². The van der Waals surface area contributed by atoms with Crippen molar-refractivity contribution < 1.29 is 9.90 Å². The molecule has 28 heavy (non-hydrogen) atoms. The van der Waals surface area contributed by atoms with Gasteiger partial charge in [-0.05, 0) is 47.9 Å². The molecule has 0 saturated carbocycles. The number of aromatic amines is 1. The Morgan fingerprint density at radius 2 is 1.68 bits per heavy atom. The first-order chi connectivity index (χ1) is 13.7. The van der Waals surface area contributed by atoms with Gasteiger partial charge in [-0.25, -0.2) is 0 Å².